The maximum atomic E-state index is 11.9. The first kappa shape index (κ1) is 12.8. The molecule has 0 spiro atoms. The van der Waals surface area contributed by atoms with Crippen LogP contribution in [0.3, 0.4) is 0 Å². The van der Waals surface area contributed by atoms with Crippen molar-refractivity contribution in [1.29, 1.82) is 0 Å². The van der Waals surface area contributed by atoms with Gasteiger partial charge in [-0.2, -0.15) is 0 Å². The molecule has 0 aromatic rings. The monoisotopic (exact) mass is 239 g/mol. The van der Waals surface area contributed by atoms with Crippen LogP contribution in [0.4, 0.5) is 0 Å². The van der Waals surface area contributed by atoms with E-state index in [1.54, 1.807) is 0 Å². The van der Waals surface area contributed by atoms with E-state index in [0.717, 1.165) is 32.0 Å². The molecular weight excluding hydrogens is 214 g/mol. The van der Waals surface area contributed by atoms with Gasteiger partial charge in [-0.15, -0.1) is 0 Å². The van der Waals surface area contributed by atoms with Crippen molar-refractivity contribution in [2.45, 2.75) is 26.2 Å². The molecule has 1 amide bonds. The first-order valence-electron chi connectivity index (χ1n) is 7.00. The van der Waals surface area contributed by atoms with E-state index in [2.05, 4.69) is 22.0 Å². The third-order valence-corrected chi connectivity index (χ3v) is 4.04. The molecule has 2 aliphatic rings. The summed E-state index contributed by atoms with van der Waals surface area (Å²) >= 11 is 0. The number of nitrogens with zero attached hydrogens (tertiary/aromatic N) is 2. The molecule has 0 aromatic carbocycles. The molecular formula is C13H25N3O. The van der Waals surface area contributed by atoms with Gasteiger partial charge in [0, 0.05) is 13.1 Å². The van der Waals surface area contributed by atoms with Crippen LogP contribution in [0.5, 0.6) is 0 Å². The van der Waals surface area contributed by atoms with E-state index >= 15 is 0 Å². The summed E-state index contributed by atoms with van der Waals surface area (Å²) in [6.07, 6.45) is 3.61. The lowest BCUT2D eigenvalue weighted by molar-refractivity contribution is -0.130. The fraction of sp³-hybridized carbons (Fsp3) is 0.923. The predicted octanol–water partition coefficient (Wildman–Crippen LogP) is 0.540. The van der Waals surface area contributed by atoms with Gasteiger partial charge in [-0.05, 0) is 51.4 Å². The Kier molecular flexibility index (Phi) is 4.80. The third-order valence-electron chi connectivity index (χ3n) is 4.04. The zero-order chi connectivity index (χ0) is 12.1. The average molecular weight is 239 g/mol. The van der Waals surface area contributed by atoms with Crippen LogP contribution in [0, 0.1) is 5.92 Å². The van der Waals surface area contributed by atoms with E-state index in [9.17, 15) is 4.79 Å². The molecule has 0 unspecified atom stereocenters. The van der Waals surface area contributed by atoms with Gasteiger partial charge in [0.25, 0.3) is 0 Å². The lowest BCUT2D eigenvalue weighted by atomic mass is 9.96. The lowest BCUT2D eigenvalue weighted by Gasteiger charge is -2.34. The Balaban J connectivity index is 1.78. The largest absolute Gasteiger partial charge is 0.341 e. The Bertz CT molecular complexity index is 249. The van der Waals surface area contributed by atoms with Crippen molar-refractivity contribution in [3.8, 4) is 0 Å². The van der Waals surface area contributed by atoms with Gasteiger partial charge in [-0.25, -0.2) is 0 Å². The summed E-state index contributed by atoms with van der Waals surface area (Å²) in [6, 6.07) is 0. The molecule has 4 heteroatoms. The molecule has 2 saturated heterocycles. The highest BCUT2D eigenvalue weighted by atomic mass is 16.2. The van der Waals surface area contributed by atoms with Crippen molar-refractivity contribution < 1.29 is 4.79 Å². The maximum absolute atomic E-state index is 11.9. The summed E-state index contributed by atoms with van der Waals surface area (Å²) in [4.78, 5) is 16.4. The predicted molar refractivity (Wildman–Crippen MR) is 68.9 cm³/mol. The molecule has 0 aliphatic carbocycles. The molecule has 2 fully saturated rings. The molecule has 0 saturated carbocycles. The zero-order valence-electron chi connectivity index (χ0n) is 11.0. The van der Waals surface area contributed by atoms with E-state index in [1.807, 2.05) is 0 Å². The Morgan fingerprint density at radius 1 is 1.29 bits per heavy atom. The first-order valence-corrected chi connectivity index (χ1v) is 7.00. The lowest BCUT2D eigenvalue weighted by Crippen LogP contribution is -2.42. The Hall–Kier alpha value is -0.610. The van der Waals surface area contributed by atoms with E-state index in [-0.39, 0.29) is 0 Å². The molecule has 2 aliphatic heterocycles. The molecule has 0 aromatic heterocycles. The average Bonchev–Trinajstić information content (AvgIpc) is 2.56. The van der Waals surface area contributed by atoms with Gasteiger partial charge in [0.2, 0.25) is 5.91 Å². The quantitative estimate of drug-likeness (QED) is 0.781. The van der Waals surface area contributed by atoms with Gasteiger partial charge in [-0.1, -0.05) is 6.92 Å². The normalized spacial score (nSPS) is 25.0. The summed E-state index contributed by atoms with van der Waals surface area (Å²) in [6.45, 7) is 9.26. The fourth-order valence-electron chi connectivity index (χ4n) is 2.82. The van der Waals surface area contributed by atoms with Crippen LogP contribution < -0.4 is 5.32 Å². The van der Waals surface area contributed by atoms with Crippen molar-refractivity contribution in [3.05, 3.63) is 0 Å². The summed E-state index contributed by atoms with van der Waals surface area (Å²) in [7, 11) is 0. The minimum absolute atomic E-state index is 0.292. The van der Waals surface area contributed by atoms with Crippen molar-refractivity contribution >= 4 is 5.91 Å². The molecule has 17 heavy (non-hydrogen) atoms. The van der Waals surface area contributed by atoms with Gasteiger partial charge in [0.05, 0.1) is 6.54 Å². The number of piperidine rings is 1. The standard InChI is InChI=1S/C13H25N3O/c1-2-15-8-4-12(5-9-15)11-16-7-3-6-14-10-13(16)17/h12,14H,2-11H2,1H3. The van der Waals surface area contributed by atoms with Crippen molar-refractivity contribution in [2.75, 3.05) is 45.8 Å². The first-order chi connectivity index (χ1) is 8.29. The van der Waals surface area contributed by atoms with Crippen LogP contribution in [0.15, 0.2) is 0 Å². The van der Waals surface area contributed by atoms with Crippen LogP contribution in [-0.2, 0) is 4.79 Å². The van der Waals surface area contributed by atoms with Gasteiger partial charge in [0.1, 0.15) is 0 Å². The summed E-state index contributed by atoms with van der Waals surface area (Å²) in [5, 5.41) is 3.18. The number of hydrogen-bond donors (Lipinski definition) is 1. The van der Waals surface area contributed by atoms with Crippen molar-refractivity contribution in [2.24, 2.45) is 5.92 Å². The highest BCUT2D eigenvalue weighted by Crippen LogP contribution is 2.18. The highest BCUT2D eigenvalue weighted by molar-refractivity contribution is 5.78. The van der Waals surface area contributed by atoms with E-state index < -0.39 is 0 Å². The van der Waals surface area contributed by atoms with E-state index in [4.69, 9.17) is 0 Å². The number of nitrogens with one attached hydrogen (secondary N) is 1. The highest BCUT2D eigenvalue weighted by Gasteiger charge is 2.23. The molecule has 98 valence electrons. The number of likely N-dealkylation sites (tertiary alicyclic amines) is 1. The number of hydrogen-bond acceptors (Lipinski definition) is 3. The third kappa shape index (κ3) is 3.68. The Morgan fingerprint density at radius 2 is 2.06 bits per heavy atom. The second-order valence-electron chi connectivity index (χ2n) is 5.25. The van der Waals surface area contributed by atoms with Crippen LogP contribution in [-0.4, -0.2) is 61.5 Å². The number of rotatable bonds is 3. The Morgan fingerprint density at radius 3 is 2.76 bits per heavy atom. The Labute approximate surface area is 104 Å². The van der Waals surface area contributed by atoms with Crippen LogP contribution in [0.1, 0.15) is 26.2 Å². The fourth-order valence-corrected chi connectivity index (χ4v) is 2.82. The van der Waals surface area contributed by atoms with Gasteiger partial charge < -0.3 is 15.1 Å². The van der Waals surface area contributed by atoms with Gasteiger partial charge in [0.15, 0.2) is 0 Å². The second-order valence-corrected chi connectivity index (χ2v) is 5.25. The number of carbonyl (C=O) groups is 1. The van der Waals surface area contributed by atoms with Crippen molar-refractivity contribution in [1.82, 2.24) is 15.1 Å². The van der Waals surface area contributed by atoms with Crippen LogP contribution in [0.2, 0.25) is 0 Å². The second kappa shape index (κ2) is 6.36. The van der Waals surface area contributed by atoms with Crippen molar-refractivity contribution in [3.63, 3.8) is 0 Å². The van der Waals surface area contributed by atoms with E-state index in [0.29, 0.717) is 12.5 Å². The SMILES string of the molecule is CCN1CCC(CN2CCCNCC2=O)CC1. The topological polar surface area (TPSA) is 35.6 Å². The maximum Gasteiger partial charge on any atom is 0.236 e. The molecule has 2 rings (SSSR count). The van der Waals surface area contributed by atoms with Gasteiger partial charge >= 0.3 is 0 Å². The number of amides is 1. The minimum Gasteiger partial charge on any atom is -0.341 e. The molecule has 1 N–H and O–H groups in total. The summed E-state index contributed by atoms with van der Waals surface area (Å²) in [5.74, 6) is 1.01. The number of carbonyl (C=O) groups excluding carboxylic acids is 1. The molecule has 2 heterocycles. The van der Waals surface area contributed by atoms with Gasteiger partial charge in [-0.3, -0.25) is 4.79 Å². The van der Waals surface area contributed by atoms with E-state index in [1.165, 1.54) is 32.5 Å². The zero-order valence-corrected chi connectivity index (χ0v) is 11.0. The van der Waals surface area contributed by atoms with Crippen LogP contribution >= 0.6 is 0 Å². The molecule has 0 radical (unpaired) electrons. The minimum atomic E-state index is 0.292. The summed E-state index contributed by atoms with van der Waals surface area (Å²) < 4.78 is 0. The summed E-state index contributed by atoms with van der Waals surface area (Å²) in [5.41, 5.74) is 0. The van der Waals surface area contributed by atoms with Crippen LogP contribution in [0.25, 0.3) is 0 Å². The molecule has 0 bridgehead atoms. The molecule has 0 atom stereocenters. The molecule has 4 nitrogen and oxygen atoms in total. The smallest absolute Gasteiger partial charge is 0.236 e.